The van der Waals surface area contributed by atoms with Crippen LogP contribution in [0.3, 0.4) is 0 Å². The second kappa shape index (κ2) is 4.93. The van der Waals surface area contributed by atoms with Gasteiger partial charge in [-0.1, -0.05) is 0 Å². The molecule has 2 aromatic heterocycles. The number of nitrogens with zero attached hydrogens (tertiary/aromatic N) is 2. The molecule has 0 saturated heterocycles. The number of fused-ring (bicyclic) bond motifs is 1. The molecule has 1 aliphatic rings. The Morgan fingerprint density at radius 2 is 1.95 bits per heavy atom. The van der Waals surface area contributed by atoms with E-state index in [2.05, 4.69) is 15.0 Å². The summed E-state index contributed by atoms with van der Waals surface area (Å²) in [4.78, 5) is 23.6. The number of nitrogens with two attached hydrogens (primary N) is 1. The smallest absolute Gasteiger partial charge is 0.254 e. The van der Waals surface area contributed by atoms with Gasteiger partial charge in [0.15, 0.2) is 0 Å². The number of aromatic nitrogens is 3. The third-order valence-corrected chi connectivity index (χ3v) is 3.57. The van der Waals surface area contributed by atoms with E-state index < -0.39 is 0 Å². The van der Waals surface area contributed by atoms with Gasteiger partial charge in [-0.15, -0.1) is 0 Å². The van der Waals surface area contributed by atoms with Crippen LogP contribution in [0.15, 0.2) is 29.3 Å². The van der Waals surface area contributed by atoms with Gasteiger partial charge in [-0.3, -0.25) is 9.78 Å². The number of aromatic amines is 1. The minimum atomic E-state index is -0.0362. The lowest BCUT2D eigenvalue weighted by molar-refractivity contribution is 0.588. The fourth-order valence-corrected chi connectivity index (χ4v) is 2.45. The van der Waals surface area contributed by atoms with Gasteiger partial charge in [0.1, 0.15) is 5.82 Å². The molecule has 0 spiro atoms. The number of rotatable bonds is 1. The molecule has 5 heteroatoms. The first-order valence-electron chi connectivity index (χ1n) is 6.52. The maximum Gasteiger partial charge on any atom is 0.254 e. The third kappa shape index (κ3) is 2.42. The first kappa shape index (κ1) is 12.0. The van der Waals surface area contributed by atoms with Crippen LogP contribution in [0.1, 0.15) is 24.1 Å². The van der Waals surface area contributed by atoms with Crippen molar-refractivity contribution in [3.63, 3.8) is 0 Å². The highest BCUT2D eigenvalue weighted by Crippen LogP contribution is 2.18. The second-order valence-electron chi connectivity index (χ2n) is 4.91. The molecule has 0 unspecified atom stereocenters. The van der Waals surface area contributed by atoms with Crippen LogP contribution >= 0.6 is 0 Å². The summed E-state index contributed by atoms with van der Waals surface area (Å²) in [7, 11) is 0. The Hall–Kier alpha value is -2.01. The largest absolute Gasteiger partial charge is 0.328 e. The molecule has 0 aromatic carbocycles. The summed E-state index contributed by atoms with van der Waals surface area (Å²) in [5.41, 5.74) is 8.50. The molecule has 3 rings (SSSR count). The van der Waals surface area contributed by atoms with Gasteiger partial charge >= 0.3 is 0 Å². The summed E-state index contributed by atoms with van der Waals surface area (Å²) in [6.45, 7) is 0. The molecule has 0 fully saturated rings. The quantitative estimate of drug-likeness (QED) is 0.746. The van der Waals surface area contributed by atoms with Crippen LogP contribution in [-0.4, -0.2) is 21.0 Å². The first-order valence-corrected chi connectivity index (χ1v) is 6.52. The van der Waals surface area contributed by atoms with Gasteiger partial charge in [-0.25, -0.2) is 4.98 Å². The predicted molar refractivity (Wildman–Crippen MR) is 72.7 cm³/mol. The van der Waals surface area contributed by atoms with Crippen LogP contribution in [0.25, 0.3) is 11.4 Å². The Balaban J connectivity index is 2.07. The second-order valence-corrected chi connectivity index (χ2v) is 4.91. The zero-order valence-electron chi connectivity index (χ0n) is 10.6. The van der Waals surface area contributed by atoms with E-state index in [0.29, 0.717) is 5.82 Å². The van der Waals surface area contributed by atoms with E-state index in [-0.39, 0.29) is 11.6 Å². The molecule has 1 atom stereocenters. The fourth-order valence-electron chi connectivity index (χ4n) is 2.45. The molecular formula is C14H16N4O. The van der Waals surface area contributed by atoms with Gasteiger partial charge in [-0.2, -0.15) is 0 Å². The topological polar surface area (TPSA) is 84.7 Å². The average Bonchev–Trinajstić information content (AvgIpc) is 2.62. The van der Waals surface area contributed by atoms with Crippen LogP contribution in [0.5, 0.6) is 0 Å². The average molecular weight is 256 g/mol. The highest BCUT2D eigenvalue weighted by atomic mass is 16.1. The normalized spacial score (nSPS) is 18.7. The molecular weight excluding hydrogens is 240 g/mol. The Kier molecular flexibility index (Phi) is 3.13. The molecule has 98 valence electrons. The van der Waals surface area contributed by atoms with E-state index in [9.17, 15) is 4.79 Å². The maximum absolute atomic E-state index is 12.2. The van der Waals surface area contributed by atoms with Crippen molar-refractivity contribution in [1.82, 2.24) is 15.0 Å². The SMILES string of the molecule is N[C@@H]1CCc2nc(-c3ccncc3)[nH]c(=O)c2CC1. The lowest BCUT2D eigenvalue weighted by Gasteiger charge is -2.07. The van der Waals surface area contributed by atoms with Crippen molar-refractivity contribution >= 4 is 0 Å². The van der Waals surface area contributed by atoms with Crippen LogP contribution in [0.4, 0.5) is 0 Å². The predicted octanol–water partition coefficient (Wildman–Crippen LogP) is 1.04. The van der Waals surface area contributed by atoms with Gasteiger partial charge < -0.3 is 10.7 Å². The third-order valence-electron chi connectivity index (χ3n) is 3.57. The van der Waals surface area contributed by atoms with Crippen molar-refractivity contribution in [2.24, 2.45) is 5.73 Å². The zero-order valence-corrected chi connectivity index (χ0v) is 10.6. The molecule has 2 aromatic rings. The minimum absolute atomic E-state index is 0.0362. The lowest BCUT2D eigenvalue weighted by atomic mass is 10.1. The molecule has 5 nitrogen and oxygen atoms in total. The van der Waals surface area contributed by atoms with E-state index in [1.54, 1.807) is 12.4 Å². The standard InChI is InChI=1S/C14H16N4O/c15-10-1-3-11-12(4-2-10)17-13(18-14(11)19)9-5-7-16-8-6-9/h5-8,10H,1-4,15H2,(H,17,18,19)/t10-/m0/s1. The highest BCUT2D eigenvalue weighted by Gasteiger charge is 2.18. The fraction of sp³-hybridized carbons (Fsp3) is 0.357. The number of H-pyrrole nitrogens is 1. The zero-order chi connectivity index (χ0) is 13.2. The number of aryl methyl sites for hydroxylation is 1. The van der Waals surface area contributed by atoms with Crippen molar-refractivity contribution in [2.75, 3.05) is 0 Å². The van der Waals surface area contributed by atoms with Crippen molar-refractivity contribution in [3.05, 3.63) is 46.1 Å². The van der Waals surface area contributed by atoms with Crippen LogP contribution < -0.4 is 11.3 Å². The van der Waals surface area contributed by atoms with Gasteiger partial charge in [0, 0.05) is 29.6 Å². The molecule has 0 amide bonds. The van der Waals surface area contributed by atoms with Gasteiger partial charge in [0.05, 0.1) is 5.69 Å². The number of pyridine rings is 1. The summed E-state index contributed by atoms with van der Waals surface area (Å²) in [5, 5.41) is 0. The van der Waals surface area contributed by atoms with Crippen molar-refractivity contribution in [2.45, 2.75) is 31.7 Å². The molecule has 1 aliphatic carbocycles. The molecule has 0 bridgehead atoms. The molecule has 0 aliphatic heterocycles. The van der Waals surface area contributed by atoms with Crippen molar-refractivity contribution < 1.29 is 0 Å². The molecule has 0 saturated carbocycles. The Morgan fingerprint density at radius 3 is 2.74 bits per heavy atom. The Morgan fingerprint density at radius 1 is 1.21 bits per heavy atom. The van der Waals surface area contributed by atoms with Crippen LogP contribution in [-0.2, 0) is 12.8 Å². The van der Waals surface area contributed by atoms with Gasteiger partial charge in [0.25, 0.3) is 5.56 Å². The summed E-state index contributed by atoms with van der Waals surface area (Å²) >= 11 is 0. The van der Waals surface area contributed by atoms with Crippen molar-refractivity contribution in [1.29, 1.82) is 0 Å². The van der Waals surface area contributed by atoms with E-state index >= 15 is 0 Å². The molecule has 0 radical (unpaired) electrons. The maximum atomic E-state index is 12.2. The van der Waals surface area contributed by atoms with Gasteiger partial charge in [0.2, 0.25) is 0 Å². The summed E-state index contributed by atoms with van der Waals surface area (Å²) in [6, 6.07) is 3.85. The van der Waals surface area contributed by atoms with Crippen LogP contribution in [0.2, 0.25) is 0 Å². The molecule has 3 N–H and O–H groups in total. The first-order chi connectivity index (χ1) is 9.24. The monoisotopic (exact) mass is 256 g/mol. The van der Waals surface area contributed by atoms with E-state index in [0.717, 1.165) is 42.5 Å². The Bertz CT molecular complexity index is 636. The Labute approximate surface area is 110 Å². The van der Waals surface area contributed by atoms with E-state index in [1.807, 2.05) is 12.1 Å². The number of nitrogens with one attached hydrogen (secondary N) is 1. The molecule has 2 heterocycles. The van der Waals surface area contributed by atoms with Crippen LogP contribution in [0, 0.1) is 0 Å². The summed E-state index contributed by atoms with van der Waals surface area (Å²) < 4.78 is 0. The summed E-state index contributed by atoms with van der Waals surface area (Å²) in [6.07, 6.45) is 6.62. The van der Waals surface area contributed by atoms with E-state index in [1.165, 1.54) is 0 Å². The summed E-state index contributed by atoms with van der Waals surface area (Å²) in [5.74, 6) is 0.613. The highest BCUT2D eigenvalue weighted by molar-refractivity contribution is 5.53. The lowest BCUT2D eigenvalue weighted by Crippen LogP contribution is -2.20. The minimum Gasteiger partial charge on any atom is -0.328 e. The molecule has 19 heavy (non-hydrogen) atoms. The number of hydrogen-bond donors (Lipinski definition) is 2. The van der Waals surface area contributed by atoms with Gasteiger partial charge in [-0.05, 0) is 37.8 Å². The van der Waals surface area contributed by atoms with E-state index in [4.69, 9.17) is 5.73 Å². The number of hydrogen-bond acceptors (Lipinski definition) is 4. The van der Waals surface area contributed by atoms with Crippen molar-refractivity contribution in [3.8, 4) is 11.4 Å².